The molecule has 1 aromatic carbocycles. The lowest BCUT2D eigenvalue weighted by molar-refractivity contribution is -0.265. The Kier molecular flexibility index (Phi) is 4.78. The van der Waals surface area contributed by atoms with Crippen molar-refractivity contribution in [3.8, 4) is 11.5 Å². The van der Waals surface area contributed by atoms with Crippen molar-refractivity contribution in [2.45, 2.75) is 20.0 Å². The molecule has 0 aliphatic rings. The summed E-state index contributed by atoms with van der Waals surface area (Å²) in [6.07, 6.45) is -0.199. The number of hydrogen-bond acceptors (Lipinski definition) is 5. The van der Waals surface area contributed by atoms with Gasteiger partial charge in [0.15, 0.2) is 0 Å². The molecule has 5 nitrogen and oxygen atoms in total. The van der Waals surface area contributed by atoms with E-state index in [-0.39, 0.29) is 11.7 Å². The minimum Gasteiger partial charge on any atom is -0.497 e. The maximum Gasteiger partial charge on any atom is 0.376 e. The van der Waals surface area contributed by atoms with Gasteiger partial charge in [-0.25, -0.2) is 4.79 Å². The van der Waals surface area contributed by atoms with Gasteiger partial charge in [-0.1, -0.05) is 0 Å². The van der Waals surface area contributed by atoms with Crippen molar-refractivity contribution in [1.82, 2.24) is 0 Å². The third-order valence-corrected chi connectivity index (χ3v) is 1.94. The lowest BCUT2D eigenvalue weighted by Crippen LogP contribution is -2.11. The Balaban J connectivity index is 2.89. The fourth-order valence-electron chi connectivity index (χ4n) is 1.16. The molecule has 0 heterocycles. The molecular formula is C12H16O5. The summed E-state index contributed by atoms with van der Waals surface area (Å²) < 4.78 is 10.1. The minimum absolute atomic E-state index is 0.199. The quantitative estimate of drug-likeness (QED) is 0.583. The van der Waals surface area contributed by atoms with Crippen molar-refractivity contribution in [2.75, 3.05) is 14.2 Å². The van der Waals surface area contributed by atoms with Crippen molar-refractivity contribution in [2.24, 2.45) is 0 Å². The average molecular weight is 240 g/mol. The molecule has 0 N–H and O–H groups in total. The number of carbonyl (C=O) groups excluding carboxylic acids is 1. The number of carbonyl (C=O) groups is 1. The Labute approximate surface area is 100 Å². The van der Waals surface area contributed by atoms with Gasteiger partial charge >= 0.3 is 5.97 Å². The van der Waals surface area contributed by atoms with Crippen LogP contribution in [0.2, 0.25) is 0 Å². The van der Waals surface area contributed by atoms with Crippen LogP contribution in [-0.4, -0.2) is 26.3 Å². The Bertz CT molecular complexity index is 386. The Morgan fingerprint density at radius 3 is 2.41 bits per heavy atom. The smallest absolute Gasteiger partial charge is 0.376 e. The van der Waals surface area contributed by atoms with Crippen LogP contribution in [0.1, 0.15) is 24.2 Å². The molecule has 0 amide bonds. The molecule has 0 aliphatic carbocycles. The number of hydrogen-bond donors (Lipinski definition) is 0. The summed E-state index contributed by atoms with van der Waals surface area (Å²) in [5.74, 6) is 0.333. The maximum absolute atomic E-state index is 11.7. The Hall–Kier alpha value is -1.75. The third kappa shape index (κ3) is 3.64. The summed E-state index contributed by atoms with van der Waals surface area (Å²) >= 11 is 0. The third-order valence-electron chi connectivity index (χ3n) is 1.94. The first-order valence-electron chi connectivity index (χ1n) is 5.18. The van der Waals surface area contributed by atoms with Crippen molar-refractivity contribution < 1.29 is 24.0 Å². The average Bonchev–Trinajstić information content (AvgIpc) is 2.34. The molecule has 0 atom stereocenters. The first-order valence-corrected chi connectivity index (χ1v) is 5.18. The molecule has 0 saturated carbocycles. The van der Waals surface area contributed by atoms with Gasteiger partial charge in [0.25, 0.3) is 0 Å². The van der Waals surface area contributed by atoms with Crippen molar-refractivity contribution >= 4 is 5.97 Å². The van der Waals surface area contributed by atoms with Gasteiger partial charge in [0.05, 0.1) is 20.3 Å². The Morgan fingerprint density at radius 2 is 1.88 bits per heavy atom. The standard InChI is InChI=1S/C12H16O5/c1-8(2)16-17-12(13)10-7-9(14-3)5-6-11(10)15-4/h5-8H,1-4H3. The summed E-state index contributed by atoms with van der Waals surface area (Å²) in [6.45, 7) is 3.52. The summed E-state index contributed by atoms with van der Waals surface area (Å²) in [7, 11) is 2.99. The SMILES string of the molecule is COc1ccc(OC)c(C(=O)OOC(C)C)c1. The van der Waals surface area contributed by atoms with E-state index in [1.165, 1.54) is 20.3 Å². The topological polar surface area (TPSA) is 54.0 Å². The molecule has 0 spiro atoms. The molecule has 0 saturated heterocycles. The maximum atomic E-state index is 11.7. The van der Waals surface area contributed by atoms with Gasteiger partial charge in [0, 0.05) is 0 Å². The van der Waals surface area contributed by atoms with E-state index < -0.39 is 5.97 Å². The number of benzene rings is 1. The van der Waals surface area contributed by atoms with Crippen molar-refractivity contribution in [3.63, 3.8) is 0 Å². The number of ether oxygens (including phenoxy) is 2. The highest BCUT2D eigenvalue weighted by Crippen LogP contribution is 2.24. The lowest BCUT2D eigenvalue weighted by Gasteiger charge is -2.10. The zero-order chi connectivity index (χ0) is 12.8. The van der Waals surface area contributed by atoms with Gasteiger partial charge in [0.2, 0.25) is 0 Å². The van der Waals surface area contributed by atoms with Gasteiger partial charge in [-0.2, -0.15) is 4.89 Å². The van der Waals surface area contributed by atoms with E-state index in [9.17, 15) is 4.79 Å². The van der Waals surface area contributed by atoms with Gasteiger partial charge in [-0.15, -0.1) is 0 Å². The first-order chi connectivity index (χ1) is 8.08. The molecule has 1 rings (SSSR count). The van der Waals surface area contributed by atoms with E-state index >= 15 is 0 Å². The molecule has 1 aromatic rings. The molecule has 0 aliphatic heterocycles. The van der Waals surface area contributed by atoms with E-state index in [1.807, 2.05) is 0 Å². The van der Waals surface area contributed by atoms with E-state index in [2.05, 4.69) is 4.89 Å². The second kappa shape index (κ2) is 6.10. The van der Waals surface area contributed by atoms with Crippen LogP contribution < -0.4 is 9.47 Å². The van der Waals surface area contributed by atoms with Crippen LogP contribution in [0.25, 0.3) is 0 Å². The predicted molar refractivity (Wildman–Crippen MR) is 61.2 cm³/mol. The van der Waals surface area contributed by atoms with E-state index in [0.717, 1.165) is 0 Å². The molecule has 0 bridgehead atoms. The number of methoxy groups -OCH3 is 2. The zero-order valence-corrected chi connectivity index (χ0v) is 10.4. The van der Waals surface area contributed by atoms with Crippen LogP contribution in [0.3, 0.4) is 0 Å². The molecular weight excluding hydrogens is 224 g/mol. The van der Waals surface area contributed by atoms with Crippen molar-refractivity contribution in [1.29, 1.82) is 0 Å². The molecule has 17 heavy (non-hydrogen) atoms. The zero-order valence-electron chi connectivity index (χ0n) is 10.4. The van der Waals surface area contributed by atoms with E-state index in [1.54, 1.807) is 26.0 Å². The van der Waals surface area contributed by atoms with Crippen LogP contribution in [0.5, 0.6) is 11.5 Å². The lowest BCUT2D eigenvalue weighted by atomic mass is 10.2. The van der Waals surface area contributed by atoms with Gasteiger partial charge in [-0.05, 0) is 32.0 Å². The molecule has 0 radical (unpaired) electrons. The number of rotatable bonds is 5. The molecule has 0 fully saturated rings. The summed E-state index contributed by atoms with van der Waals surface area (Å²) in [5, 5.41) is 0. The van der Waals surface area contributed by atoms with Gasteiger partial charge in [0.1, 0.15) is 17.1 Å². The van der Waals surface area contributed by atoms with E-state index in [0.29, 0.717) is 11.5 Å². The van der Waals surface area contributed by atoms with E-state index in [4.69, 9.17) is 14.4 Å². The highest BCUT2D eigenvalue weighted by atomic mass is 17.2. The van der Waals surface area contributed by atoms with Crippen LogP contribution >= 0.6 is 0 Å². The molecule has 5 heteroatoms. The monoisotopic (exact) mass is 240 g/mol. The highest BCUT2D eigenvalue weighted by Gasteiger charge is 2.16. The summed E-state index contributed by atoms with van der Waals surface area (Å²) in [5.41, 5.74) is 0.257. The predicted octanol–water partition coefficient (Wildman–Crippen LogP) is 2.20. The molecule has 0 unspecified atom stereocenters. The summed E-state index contributed by atoms with van der Waals surface area (Å²) in [6, 6.07) is 4.86. The van der Waals surface area contributed by atoms with Crippen LogP contribution in [0.15, 0.2) is 18.2 Å². The second-order valence-corrected chi connectivity index (χ2v) is 3.58. The molecule has 0 aromatic heterocycles. The van der Waals surface area contributed by atoms with Crippen LogP contribution in [0.4, 0.5) is 0 Å². The van der Waals surface area contributed by atoms with Crippen LogP contribution in [0, 0.1) is 0 Å². The molecule has 94 valence electrons. The van der Waals surface area contributed by atoms with Crippen LogP contribution in [-0.2, 0) is 9.78 Å². The first kappa shape index (κ1) is 13.3. The van der Waals surface area contributed by atoms with Gasteiger partial charge < -0.3 is 9.47 Å². The normalized spacial score (nSPS) is 10.2. The minimum atomic E-state index is -0.616. The van der Waals surface area contributed by atoms with Crippen molar-refractivity contribution in [3.05, 3.63) is 23.8 Å². The largest absolute Gasteiger partial charge is 0.497 e. The Morgan fingerprint density at radius 1 is 1.18 bits per heavy atom. The fraction of sp³-hybridized carbons (Fsp3) is 0.417. The van der Waals surface area contributed by atoms with Gasteiger partial charge in [-0.3, -0.25) is 4.89 Å². The highest BCUT2D eigenvalue weighted by molar-refractivity contribution is 5.92. The fourth-order valence-corrected chi connectivity index (χ4v) is 1.16. The summed E-state index contributed by atoms with van der Waals surface area (Å²) in [4.78, 5) is 21.2. The second-order valence-electron chi connectivity index (χ2n) is 3.58.